The molecule has 0 saturated carbocycles. The maximum absolute atomic E-state index is 12.2. The normalized spacial score (nSPS) is 13.3. The van der Waals surface area contributed by atoms with Crippen molar-refractivity contribution < 1.29 is 28.7 Å². The molecule has 148 valence electrons. The van der Waals surface area contributed by atoms with Crippen LogP contribution in [-0.4, -0.2) is 36.2 Å². The van der Waals surface area contributed by atoms with Gasteiger partial charge in [0, 0.05) is 12.1 Å². The summed E-state index contributed by atoms with van der Waals surface area (Å²) in [6, 6.07) is 2.25. The first-order valence-electron chi connectivity index (χ1n) is 8.82. The Morgan fingerprint density at radius 3 is 2.52 bits per heavy atom. The van der Waals surface area contributed by atoms with Crippen LogP contribution in [0.5, 0.6) is 11.5 Å². The molecule has 0 bridgehead atoms. The van der Waals surface area contributed by atoms with Crippen LogP contribution in [0.2, 0.25) is 0 Å². The minimum Gasteiger partial charge on any atom is -0.454 e. The van der Waals surface area contributed by atoms with E-state index in [1.54, 1.807) is 0 Å². The second-order valence-electron chi connectivity index (χ2n) is 6.85. The molecule has 0 aliphatic carbocycles. The average molecular weight is 380 g/mol. The molecule has 1 N–H and O–H groups in total. The molecule has 9 heteroatoms. The molecule has 1 heterocycles. The van der Waals surface area contributed by atoms with Crippen molar-refractivity contribution in [3.05, 3.63) is 27.8 Å². The van der Waals surface area contributed by atoms with Crippen LogP contribution < -0.4 is 14.8 Å². The Bertz CT molecular complexity index is 718. The van der Waals surface area contributed by atoms with E-state index in [-0.39, 0.29) is 29.9 Å². The van der Waals surface area contributed by atoms with Crippen LogP contribution >= 0.6 is 0 Å². The van der Waals surface area contributed by atoms with Crippen molar-refractivity contribution in [2.24, 2.45) is 5.92 Å². The zero-order valence-electron chi connectivity index (χ0n) is 15.6. The summed E-state index contributed by atoms with van der Waals surface area (Å²) in [5.74, 6) is -0.417. The van der Waals surface area contributed by atoms with Gasteiger partial charge in [-0.1, -0.05) is 26.7 Å². The quantitative estimate of drug-likeness (QED) is 0.398. The van der Waals surface area contributed by atoms with Crippen LogP contribution in [0.3, 0.4) is 0 Å². The molecular weight excluding hydrogens is 356 g/mol. The molecule has 0 spiro atoms. The zero-order chi connectivity index (χ0) is 20.0. The Morgan fingerprint density at radius 2 is 1.89 bits per heavy atom. The number of nitrogens with zero attached hydrogens (tertiary/aromatic N) is 1. The highest BCUT2D eigenvalue weighted by Crippen LogP contribution is 2.38. The molecule has 1 atom stereocenters. The number of hydrogen-bond donors (Lipinski definition) is 1. The molecule has 1 aliphatic heterocycles. The number of benzene rings is 1. The van der Waals surface area contributed by atoms with Crippen molar-refractivity contribution in [3.8, 4) is 11.5 Å². The summed E-state index contributed by atoms with van der Waals surface area (Å²) in [4.78, 5) is 34.6. The van der Waals surface area contributed by atoms with E-state index in [9.17, 15) is 19.7 Å². The molecule has 1 aliphatic rings. The first kappa shape index (κ1) is 20.5. The van der Waals surface area contributed by atoms with Crippen LogP contribution in [0.4, 0.5) is 5.69 Å². The van der Waals surface area contributed by atoms with Gasteiger partial charge in [0.25, 0.3) is 11.6 Å². The Balaban J connectivity index is 1.90. The van der Waals surface area contributed by atoms with Crippen LogP contribution in [0.1, 0.15) is 50.4 Å². The third-order valence-electron chi connectivity index (χ3n) is 4.07. The van der Waals surface area contributed by atoms with Gasteiger partial charge in [-0.15, -0.1) is 0 Å². The number of fused-ring (bicyclic) bond motifs is 1. The molecule has 1 amide bonds. The van der Waals surface area contributed by atoms with Crippen LogP contribution in [0.25, 0.3) is 0 Å². The van der Waals surface area contributed by atoms with Crippen LogP contribution in [0, 0.1) is 16.0 Å². The van der Waals surface area contributed by atoms with Crippen molar-refractivity contribution >= 4 is 17.6 Å². The Kier molecular flexibility index (Phi) is 6.98. The molecule has 1 unspecified atom stereocenters. The highest BCUT2D eigenvalue weighted by atomic mass is 16.7. The Hall–Kier alpha value is -2.84. The number of nitro groups is 1. The molecule has 9 nitrogen and oxygen atoms in total. The first-order valence-corrected chi connectivity index (χ1v) is 8.82. The summed E-state index contributed by atoms with van der Waals surface area (Å²) in [7, 11) is 0. The largest absolute Gasteiger partial charge is 0.454 e. The van der Waals surface area contributed by atoms with Crippen molar-refractivity contribution in [2.75, 3.05) is 13.4 Å². The van der Waals surface area contributed by atoms with E-state index in [0.717, 1.165) is 25.3 Å². The van der Waals surface area contributed by atoms with Crippen LogP contribution in [0.15, 0.2) is 12.1 Å². The number of esters is 1. The average Bonchev–Trinajstić information content (AvgIpc) is 3.05. The lowest BCUT2D eigenvalue weighted by Gasteiger charge is -2.14. The van der Waals surface area contributed by atoms with Gasteiger partial charge in [0.15, 0.2) is 18.1 Å². The predicted octanol–water partition coefficient (Wildman–Crippen LogP) is 2.81. The number of ether oxygens (including phenoxy) is 3. The lowest BCUT2D eigenvalue weighted by atomic mass is 10.0. The fourth-order valence-electron chi connectivity index (χ4n) is 2.68. The number of rotatable bonds is 9. The van der Waals surface area contributed by atoms with Crippen molar-refractivity contribution in [3.63, 3.8) is 0 Å². The minimum atomic E-state index is -0.970. The molecular formula is C18H24N2O7. The summed E-state index contributed by atoms with van der Waals surface area (Å²) < 4.78 is 15.1. The minimum absolute atomic E-state index is 0.0465. The van der Waals surface area contributed by atoms with Gasteiger partial charge in [-0.2, -0.15) is 0 Å². The number of nitro benzene ring substituents is 1. The fourth-order valence-corrected chi connectivity index (χ4v) is 2.68. The monoisotopic (exact) mass is 380 g/mol. The molecule has 1 aromatic carbocycles. The van der Waals surface area contributed by atoms with Gasteiger partial charge >= 0.3 is 5.97 Å². The van der Waals surface area contributed by atoms with Crippen molar-refractivity contribution in [1.82, 2.24) is 5.32 Å². The lowest BCUT2D eigenvalue weighted by molar-refractivity contribution is -0.385. The van der Waals surface area contributed by atoms with E-state index in [1.165, 1.54) is 6.07 Å². The van der Waals surface area contributed by atoms with Gasteiger partial charge in [0.2, 0.25) is 6.79 Å². The second-order valence-corrected chi connectivity index (χ2v) is 6.85. The maximum Gasteiger partial charge on any atom is 0.345 e. The standard InChI is InChI=1S/C18H24N2O7/c1-11(2)5-4-6-12(3)19-17(21)9-25-18(22)13-7-15-16(27-10-26-15)8-14(13)20(23)24/h7-8,11-12H,4-6,9-10H2,1-3H3,(H,19,21). The molecule has 0 saturated heterocycles. The smallest absolute Gasteiger partial charge is 0.345 e. The molecule has 2 rings (SSSR count). The summed E-state index contributed by atoms with van der Waals surface area (Å²) in [5, 5.41) is 13.9. The lowest BCUT2D eigenvalue weighted by Crippen LogP contribution is -2.35. The summed E-state index contributed by atoms with van der Waals surface area (Å²) in [6.45, 7) is 5.56. The van der Waals surface area contributed by atoms with E-state index < -0.39 is 29.1 Å². The van der Waals surface area contributed by atoms with E-state index in [1.807, 2.05) is 6.92 Å². The summed E-state index contributed by atoms with van der Waals surface area (Å²) >= 11 is 0. The molecule has 1 aromatic rings. The summed E-state index contributed by atoms with van der Waals surface area (Å²) in [6.07, 6.45) is 2.89. The van der Waals surface area contributed by atoms with Gasteiger partial charge in [0.05, 0.1) is 11.0 Å². The number of hydrogen-bond acceptors (Lipinski definition) is 7. The predicted molar refractivity (Wildman–Crippen MR) is 95.8 cm³/mol. The number of amides is 1. The molecule has 0 fully saturated rings. The van der Waals surface area contributed by atoms with Gasteiger partial charge in [-0.3, -0.25) is 14.9 Å². The number of carbonyl (C=O) groups excluding carboxylic acids is 2. The van der Waals surface area contributed by atoms with Gasteiger partial charge in [-0.25, -0.2) is 4.79 Å². The van der Waals surface area contributed by atoms with Crippen molar-refractivity contribution in [1.29, 1.82) is 0 Å². The second kappa shape index (κ2) is 9.20. The Labute approximate surface area is 157 Å². The topological polar surface area (TPSA) is 117 Å². The fraction of sp³-hybridized carbons (Fsp3) is 0.556. The Morgan fingerprint density at radius 1 is 1.22 bits per heavy atom. The molecule has 0 aromatic heterocycles. The highest BCUT2D eigenvalue weighted by molar-refractivity contribution is 5.96. The number of nitrogens with one attached hydrogen (secondary N) is 1. The molecule has 0 radical (unpaired) electrons. The molecule has 27 heavy (non-hydrogen) atoms. The zero-order valence-corrected chi connectivity index (χ0v) is 15.6. The third-order valence-corrected chi connectivity index (χ3v) is 4.07. The van der Waals surface area contributed by atoms with Crippen LogP contribution in [-0.2, 0) is 9.53 Å². The van der Waals surface area contributed by atoms with Crippen molar-refractivity contribution in [2.45, 2.75) is 46.1 Å². The van der Waals surface area contributed by atoms with E-state index in [4.69, 9.17) is 14.2 Å². The van der Waals surface area contributed by atoms with Gasteiger partial charge < -0.3 is 19.5 Å². The van der Waals surface area contributed by atoms with E-state index in [2.05, 4.69) is 19.2 Å². The highest BCUT2D eigenvalue weighted by Gasteiger charge is 2.28. The SMILES string of the molecule is CC(C)CCCC(C)NC(=O)COC(=O)c1cc2c(cc1[N+](=O)[O-])OCO2. The summed E-state index contributed by atoms with van der Waals surface area (Å²) in [5.41, 5.74) is -0.756. The maximum atomic E-state index is 12.2. The van der Waals surface area contributed by atoms with E-state index >= 15 is 0 Å². The number of carbonyl (C=O) groups is 2. The van der Waals surface area contributed by atoms with E-state index in [0.29, 0.717) is 5.92 Å². The van der Waals surface area contributed by atoms with Gasteiger partial charge in [-0.05, 0) is 19.3 Å². The third kappa shape index (κ3) is 5.83. The first-order chi connectivity index (χ1) is 12.8. The van der Waals surface area contributed by atoms with Gasteiger partial charge in [0.1, 0.15) is 5.56 Å².